The van der Waals surface area contributed by atoms with Crippen LogP contribution in [0.3, 0.4) is 0 Å². The van der Waals surface area contributed by atoms with Crippen molar-refractivity contribution in [1.29, 1.82) is 0 Å². The van der Waals surface area contributed by atoms with Gasteiger partial charge in [0.25, 0.3) is 0 Å². The van der Waals surface area contributed by atoms with Crippen molar-refractivity contribution in [3.8, 4) is 0 Å². The SMILES string of the molecule is O=C(O)C(Cc1cc(Cl)ccc1Cl)c1cccc(Cl)c1. The summed E-state index contributed by atoms with van der Waals surface area (Å²) in [5.41, 5.74) is 1.34. The summed E-state index contributed by atoms with van der Waals surface area (Å²) in [6, 6.07) is 11.8. The normalized spacial score (nSPS) is 12.2. The molecule has 0 saturated carbocycles. The van der Waals surface area contributed by atoms with Crippen LogP contribution in [0.25, 0.3) is 0 Å². The average Bonchev–Trinajstić information content (AvgIpc) is 2.39. The van der Waals surface area contributed by atoms with Gasteiger partial charge >= 0.3 is 5.97 Å². The molecule has 5 heteroatoms. The highest BCUT2D eigenvalue weighted by atomic mass is 35.5. The molecule has 0 aliphatic carbocycles. The predicted octanol–water partition coefficient (Wildman–Crippen LogP) is 5.06. The van der Waals surface area contributed by atoms with E-state index in [1.807, 2.05) is 0 Å². The van der Waals surface area contributed by atoms with Crippen molar-refractivity contribution < 1.29 is 9.90 Å². The topological polar surface area (TPSA) is 37.3 Å². The molecule has 0 saturated heterocycles. The Labute approximate surface area is 131 Å². The van der Waals surface area contributed by atoms with Crippen LogP contribution in [0.5, 0.6) is 0 Å². The lowest BCUT2D eigenvalue weighted by atomic mass is 9.92. The molecular formula is C15H11Cl3O2. The van der Waals surface area contributed by atoms with Crippen LogP contribution < -0.4 is 0 Å². The third kappa shape index (κ3) is 3.66. The first-order valence-corrected chi connectivity index (χ1v) is 7.03. The highest BCUT2D eigenvalue weighted by molar-refractivity contribution is 6.33. The summed E-state index contributed by atoms with van der Waals surface area (Å²) in [6.45, 7) is 0. The summed E-state index contributed by atoms with van der Waals surface area (Å²) in [4.78, 5) is 11.5. The van der Waals surface area contributed by atoms with Crippen molar-refractivity contribution >= 4 is 40.8 Å². The maximum absolute atomic E-state index is 11.5. The van der Waals surface area contributed by atoms with Gasteiger partial charge in [0.15, 0.2) is 0 Å². The van der Waals surface area contributed by atoms with E-state index >= 15 is 0 Å². The molecule has 0 spiro atoms. The Morgan fingerprint density at radius 2 is 1.75 bits per heavy atom. The maximum Gasteiger partial charge on any atom is 0.311 e. The number of carboxylic acids is 1. The van der Waals surface area contributed by atoms with Crippen molar-refractivity contribution in [2.75, 3.05) is 0 Å². The van der Waals surface area contributed by atoms with Gasteiger partial charge in [0.2, 0.25) is 0 Å². The molecule has 1 unspecified atom stereocenters. The lowest BCUT2D eigenvalue weighted by molar-refractivity contribution is -0.138. The Balaban J connectivity index is 2.35. The summed E-state index contributed by atoms with van der Waals surface area (Å²) in [7, 11) is 0. The minimum Gasteiger partial charge on any atom is -0.481 e. The van der Waals surface area contributed by atoms with E-state index in [-0.39, 0.29) is 6.42 Å². The fourth-order valence-electron chi connectivity index (χ4n) is 1.99. The van der Waals surface area contributed by atoms with Crippen LogP contribution in [0.1, 0.15) is 17.0 Å². The molecule has 2 nitrogen and oxygen atoms in total. The largest absolute Gasteiger partial charge is 0.481 e. The third-order valence-corrected chi connectivity index (χ3v) is 3.82. The smallest absolute Gasteiger partial charge is 0.311 e. The quantitative estimate of drug-likeness (QED) is 0.851. The van der Waals surface area contributed by atoms with Crippen LogP contribution in [-0.4, -0.2) is 11.1 Å². The molecule has 2 rings (SSSR count). The van der Waals surface area contributed by atoms with Crippen LogP contribution in [-0.2, 0) is 11.2 Å². The molecule has 0 fully saturated rings. The first-order chi connectivity index (χ1) is 9.47. The molecule has 20 heavy (non-hydrogen) atoms. The van der Waals surface area contributed by atoms with Crippen molar-refractivity contribution in [3.63, 3.8) is 0 Å². The zero-order chi connectivity index (χ0) is 14.7. The summed E-state index contributed by atoms with van der Waals surface area (Å²) < 4.78 is 0. The standard InChI is InChI=1S/C15H11Cl3O2/c16-11-3-1-2-9(6-11)13(15(19)20)8-10-7-12(17)4-5-14(10)18/h1-7,13H,8H2,(H,19,20). The van der Waals surface area contributed by atoms with E-state index in [1.54, 1.807) is 42.5 Å². The summed E-state index contributed by atoms with van der Waals surface area (Å²) in [5, 5.41) is 11.0. The first-order valence-electron chi connectivity index (χ1n) is 5.89. The van der Waals surface area contributed by atoms with E-state index in [0.29, 0.717) is 26.2 Å². The molecule has 0 aliphatic rings. The number of hydrogen-bond acceptors (Lipinski definition) is 1. The van der Waals surface area contributed by atoms with Gasteiger partial charge in [-0.3, -0.25) is 4.79 Å². The van der Waals surface area contributed by atoms with E-state index in [0.717, 1.165) is 0 Å². The third-order valence-electron chi connectivity index (χ3n) is 2.98. The van der Waals surface area contributed by atoms with Gasteiger partial charge in [-0.15, -0.1) is 0 Å². The molecule has 1 atom stereocenters. The molecule has 1 N–H and O–H groups in total. The van der Waals surface area contributed by atoms with Gasteiger partial charge in [-0.25, -0.2) is 0 Å². The number of carboxylic acid groups (broad SMARTS) is 1. The van der Waals surface area contributed by atoms with Gasteiger partial charge in [-0.2, -0.15) is 0 Å². The van der Waals surface area contributed by atoms with Gasteiger partial charge in [-0.05, 0) is 47.9 Å². The molecule has 0 aromatic heterocycles. The summed E-state index contributed by atoms with van der Waals surface area (Å²) in [6.07, 6.45) is 0.259. The molecule has 0 radical (unpaired) electrons. The van der Waals surface area contributed by atoms with E-state index in [2.05, 4.69) is 0 Å². The Morgan fingerprint density at radius 1 is 1.05 bits per heavy atom. The van der Waals surface area contributed by atoms with Crippen LogP contribution in [0.2, 0.25) is 15.1 Å². The van der Waals surface area contributed by atoms with E-state index in [1.165, 1.54) is 0 Å². The number of halogens is 3. The van der Waals surface area contributed by atoms with E-state index in [9.17, 15) is 9.90 Å². The van der Waals surface area contributed by atoms with Gasteiger partial charge in [-0.1, -0.05) is 46.9 Å². The van der Waals surface area contributed by atoms with Gasteiger partial charge < -0.3 is 5.11 Å². The van der Waals surface area contributed by atoms with Crippen molar-refractivity contribution in [2.45, 2.75) is 12.3 Å². The maximum atomic E-state index is 11.5. The van der Waals surface area contributed by atoms with Gasteiger partial charge in [0, 0.05) is 15.1 Å². The Bertz CT molecular complexity index is 641. The van der Waals surface area contributed by atoms with Crippen molar-refractivity contribution in [3.05, 3.63) is 68.7 Å². The summed E-state index contributed by atoms with van der Waals surface area (Å²) in [5.74, 6) is -1.65. The fourth-order valence-corrected chi connectivity index (χ4v) is 2.58. The zero-order valence-electron chi connectivity index (χ0n) is 10.3. The number of rotatable bonds is 4. The molecule has 2 aromatic rings. The minimum atomic E-state index is -0.927. The number of aliphatic carboxylic acids is 1. The van der Waals surface area contributed by atoms with Crippen LogP contribution in [0.15, 0.2) is 42.5 Å². The summed E-state index contributed by atoms with van der Waals surface area (Å²) >= 11 is 17.9. The van der Waals surface area contributed by atoms with Crippen LogP contribution in [0.4, 0.5) is 0 Å². The molecule has 0 aliphatic heterocycles. The van der Waals surface area contributed by atoms with Crippen molar-refractivity contribution in [2.24, 2.45) is 0 Å². The molecular weight excluding hydrogens is 319 g/mol. The lowest BCUT2D eigenvalue weighted by Crippen LogP contribution is -2.14. The Morgan fingerprint density at radius 3 is 2.40 bits per heavy atom. The van der Waals surface area contributed by atoms with Gasteiger partial charge in [0.1, 0.15) is 0 Å². The van der Waals surface area contributed by atoms with E-state index < -0.39 is 11.9 Å². The highest BCUT2D eigenvalue weighted by Crippen LogP contribution is 2.28. The van der Waals surface area contributed by atoms with Crippen LogP contribution >= 0.6 is 34.8 Å². The molecule has 0 heterocycles. The fraction of sp³-hybridized carbons (Fsp3) is 0.133. The molecule has 0 bridgehead atoms. The average molecular weight is 330 g/mol. The van der Waals surface area contributed by atoms with E-state index in [4.69, 9.17) is 34.8 Å². The van der Waals surface area contributed by atoms with Crippen molar-refractivity contribution in [1.82, 2.24) is 0 Å². The second-order valence-corrected chi connectivity index (χ2v) is 5.67. The number of hydrogen-bond donors (Lipinski definition) is 1. The Kier molecular flexibility index (Phi) is 4.92. The molecule has 104 valence electrons. The monoisotopic (exact) mass is 328 g/mol. The van der Waals surface area contributed by atoms with Gasteiger partial charge in [0.05, 0.1) is 5.92 Å². The number of benzene rings is 2. The minimum absolute atomic E-state index is 0.259. The second kappa shape index (κ2) is 6.49. The van der Waals surface area contributed by atoms with Crippen LogP contribution in [0, 0.1) is 0 Å². The zero-order valence-corrected chi connectivity index (χ0v) is 12.6. The molecule has 2 aromatic carbocycles. The Hall–Kier alpha value is -1.22. The predicted molar refractivity (Wildman–Crippen MR) is 82.0 cm³/mol. The number of carbonyl (C=O) groups is 1. The highest BCUT2D eigenvalue weighted by Gasteiger charge is 2.21. The second-order valence-electron chi connectivity index (χ2n) is 4.39. The first kappa shape index (κ1) is 15.2. The lowest BCUT2D eigenvalue weighted by Gasteiger charge is -2.14. The molecule has 0 amide bonds.